The number of carboxylic acids is 1. The first-order chi connectivity index (χ1) is 11.7. The van der Waals surface area contributed by atoms with Crippen LogP contribution in [0.25, 0.3) is 0 Å². The van der Waals surface area contributed by atoms with Crippen LogP contribution in [0.3, 0.4) is 0 Å². The summed E-state index contributed by atoms with van der Waals surface area (Å²) in [5.41, 5.74) is 0.788. The lowest BCUT2D eigenvalue weighted by Crippen LogP contribution is -2.52. The molecule has 1 N–H and O–H groups in total. The highest BCUT2D eigenvalue weighted by Gasteiger charge is 2.59. The minimum Gasteiger partial charge on any atom is -0.473 e. The highest BCUT2D eigenvalue weighted by Crippen LogP contribution is 2.68. The van der Waals surface area contributed by atoms with Gasteiger partial charge in [0.25, 0.3) is 0 Å². The number of hydrogen-bond acceptors (Lipinski definition) is 3. The number of unbranched alkanes of at least 4 members (excludes halogenated alkanes) is 1. The second-order valence-corrected chi connectivity index (χ2v) is 9.24. The zero-order chi connectivity index (χ0) is 18.3. The molecule has 0 radical (unpaired) electrons. The van der Waals surface area contributed by atoms with Crippen LogP contribution in [-0.2, 0) is 14.3 Å². The van der Waals surface area contributed by atoms with Crippen LogP contribution in [0.4, 0.5) is 0 Å². The number of hydrogen-bond donors (Lipinski definition) is 1. The van der Waals surface area contributed by atoms with Crippen molar-refractivity contribution in [3.8, 4) is 0 Å². The molecule has 1 spiro atoms. The third kappa shape index (κ3) is 3.13. The molecule has 0 aromatic carbocycles. The normalized spacial score (nSPS) is 42.0. The Morgan fingerprint density at radius 3 is 2.64 bits per heavy atom. The molecule has 2 saturated carbocycles. The summed E-state index contributed by atoms with van der Waals surface area (Å²) in [6, 6.07) is 0. The summed E-state index contributed by atoms with van der Waals surface area (Å²) in [5.74, 6) is -1.73. The van der Waals surface area contributed by atoms with E-state index in [0.29, 0.717) is 16.7 Å². The van der Waals surface area contributed by atoms with Crippen molar-refractivity contribution >= 4 is 11.9 Å². The largest absolute Gasteiger partial charge is 0.473 e. The Bertz CT molecular complexity index is 582. The van der Waals surface area contributed by atoms with Crippen molar-refractivity contribution in [2.45, 2.75) is 72.1 Å². The smallest absolute Gasteiger partial charge is 0.417 e. The second-order valence-electron chi connectivity index (χ2n) is 9.24. The highest BCUT2D eigenvalue weighted by molar-refractivity contribution is 6.28. The van der Waals surface area contributed by atoms with E-state index in [4.69, 9.17) is 9.84 Å². The molecule has 0 saturated heterocycles. The molecule has 5 atom stereocenters. The molecular formula is C21H32O4. The molecule has 0 aliphatic heterocycles. The number of esters is 1. The van der Waals surface area contributed by atoms with E-state index >= 15 is 0 Å². The van der Waals surface area contributed by atoms with Gasteiger partial charge in [-0.15, -0.1) is 0 Å². The Morgan fingerprint density at radius 2 is 1.96 bits per heavy atom. The van der Waals surface area contributed by atoms with E-state index in [9.17, 15) is 9.59 Å². The molecule has 4 nitrogen and oxygen atoms in total. The first-order valence-corrected chi connectivity index (χ1v) is 9.85. The summed E-state index contributed by atoms with van der Waals surface area (Å²) >= 11 is 0. The zero-order valence-electron chi connectivity index (χ0n) is 15.8. The van der Waals surface area contributed by atoms with Crippen LogP contribution in [0.1, 0.15) is 72.1 Å². The summed E-state index contributed by atoms with van der Waals surface area (Å²) in [7, 11) is 0. The van der Waals surface area contributed by atoms with Crippen molar-refractivity contribution in [2.24, 2.45) is 28.1 Å². The summed E-state index contributed by atoms with van der Waals surface area (Å²) < 4.78 is 5.14. The number of carboxylic acid groups (broad SMARTS) is 1. The number of carbonyl (C=O) groups excluding carboxylic acids is 1. The van der Waals surface area contributed by atoms with Crippen molar-refractivity contribution in [2.75, 3.05) is 6.61 Å². The van der Waals surface area contributed by atoms with Gasteiger partial charge < -0.3 is 9.84 Å². The van der Waals surface area contributed by atoms with E-state index < -0.39 is 11.9 Å². The second kappa shape index (κ2) is 6.44. The molecule has 4 heteroatoms. The van der Waals surface area contributed by atoms with Crippen molar-refractivity contribution in [1.82, 2.24) is 0 Å². The molecule has 0 amide bonds. The minimum absolute atomic E-state index is 0.114. The van der Waals surface area contributed by atoms with Gasteiger partial charge in [0.2, 0.25) is 0 Å². The number of carbonyl (C=O) groups is 2. The molecule has 2 bridgehead atoms. The van der Waals surface area contributed by atoms with E-state index in [1.165, 1.54) is 25.7 Å². The van der Waals surface area contributed by atoms with E-state index in [2.05, 4.69) is 32.9 Å². The van der Waals surface area contributed by atoms with Crippen LogP contribution in [0.2, 0.25) is 0 Å². The standard InChI is InChI=1S/C21H32O4/c1-4-5-8-20(3)15(13-25-18(24)17(22)23)6-10-21-12-11-19(2,14-21)9-7-16(20)21/h11-12,15-16H,4-10,13-14H2,1-3H3,(H,22,23)/t15?,16?,19-,20-,21+/m1/s1. The first kappa shape index (κ1) is 18.5. The molecule has 25 heavy (non-hydrogen) atoms. The minimum atomic E-state index is -1.49. The SMILES string of the molecule is CCCC[C@]1(C)C(COC(=O)C(=O)O)CC[C@@]23C=C[C@@](C)(CCC21)C3. The predicted molar refractivity (Wildman–Crippen MR) is 96.0 cm³/mol. The maximum absolute atomic E-state index is 11.4. The maximum atomic E-state index is 11.4. The van der Waals surface area contributed by atoms with E-state index in [0.717, 1.165) is 25.7 Å². The van der Waals surface area contributed by atoms with Gasteiger partial charge in [-0.25, -0.2) is 9.59 Å². The molecule has 0 heterocycles. The van der Waals surface area contributed by atoms with Crippen molar-refractivity contribution in [3.63, 3.8) is 0 Å². The van der Waals surface area contributed by atoms with Crippen LogP contribution in [0, 0.1) is 28.1 Å². The van der Waals surface area contributed by atoms with Gasteiger partial charge >= 0.3 is 11.9 Å². The number of aliphatic carboxylic acids is 1. The lowest BCUT2D eigenvalue weighted by atomic mass is 9.46. The molecular weight excluding hydrogens is 316 g/mol. The summed E-state index contributed by atoms with van der Waals surface area (Å²) in [6.07, 6.45) is 14.3. The molecule has 3 rings (SSSR count). The predicted octanol–water partition coefficient (Wildman–Crippen LogP) is 4.58. The Morgan fingerprint density at radius 1 is 1.20 bits per heavy atom. The third-order valence-corrected chi connectivity index (χ3v) is 7.59. The summed E-state index contributed by atoms with van der Waals surface area (Å²) in [4.78, 5) is 22.2. The number of allylic oxidation sites excluding steroid dienone is 2. The number of fused-ring (bicyclic) bond motifs is 1. The molecule has 0 aromatic heterocycles. The summed E-state index contributed by atoms with van der Waals surface area (Å²) in [6.45, 7) is 7.23. The Kier molecular flexibility index (Phi) is 4.76. The van der Waals surface area contributed by atoms with Crippen LogP contribution >= 0.6 is 0 Å². The lowest BCUT2D eigenvalue weighted by Gasteiger charge is -2.59. The fourth-order valence-electron chi connectivity index (χ4n) is 6.25. The van der Waals surface area contributed by atoms with Crippen LogP contribution < -0.4 is 0 Å². The van der Waals surface area contributed by atoms with Crippen molar-refractivity contribution in [3.05, 3.63) is 12.2 Å². The van der Waals surface area contributed by atoms with E-state index in [-0.39, 0.29) is 17.9 Å². The Hall–Kier alpha value is -1.32. The number of rotatable bonds is 5. The summed E-state index contributed by atoms with van der Waals surface area (Å²) in [5, 5.41) is 8.80. The lowest BCUT2D eigenvalue weighted by molar-refractivity contribution is -0.168. The molecule has 2 fully saturated rings. The first-order valence-electron chi connectivity index (χ1n) is 9.85. The Balaban J connectivity index is 1.82. The highest BCUT2D eigenvalue weighted by atomic mass is 16.6. The van der Waals surface area contributed by atoms with E-state index in [1.54, 1.807) is 0 Å². The molecule has 140 valence electrons. The third-order valence-electron chi connectivity index (χ3n) is 7.59. The fraction of sp³-hybridized carbons (Fsp3) is 0.810. The quantitative estimate of drug-likeness (QED) is 0.448. The molecule has 3 aliphatic carbocycles. The van der Waals surface area contributed by atoms with Gasteiger partial charge in [-0.05, 0) is 66.6 Å². The van der Waals surface area contributed by atoms with Gasteiger partial charge in [-0.1, -0.05) is 45.8 Å². The van der Waals surface area contributed by atoms with Gasteiger partial charge in [-0.2, -0.15) is 0 Å². The maximum Gasteiger partial charge on any atom is 0.417 e. The van der Waals surface area contributed by atoms with Gasteiger partial charge in [-0.3, -0.25) is 0 Å². The topological polar surface area (TPSA) is 63.6 Å². The molecule has 2 unspecified atom stereocenters. The molecule has 0 aromatic rings. The van der Waals surface area contributed by atoms with Crippen molar-refractivity contribution in [1.29, 1.82) is 0 Å². The Labute approximate surface area is 151 Å². The average Bonchev–Trinajstić information content (AvgIpc) is 2.82. The number of ether oxygens (including phenoxy) is 1. The molecule has 3 aliphatic rings. The van der Waals surface area contributed by atoms with Crippen LogP contribution in [0.15, 0.2) is 12.2 Å². The van der Waals surface area contributed by atoms with Crippen molar-refractivity contribution < 1.29 is 19.4 Å². The fourth-order valence-corrected chi connectivity index (χ4v) is 6.25. The van der Waals surface area contributed by atoms with Gasteiger partial charge in [0.1, 0.15) is 0 Å². The van der Waals surface area contributed by atoms with Gasteiger partial charge in [0, 0.05) is 0 Å². The van der Waals surface area contributed by atoms with Gasteiger partial charge in [0.15, 0.2) is 0 Å². The zero-order valence-corrected chi connectivity index (χ0v) is 15.8. The van der Waals surface area contributed by atoms with Crippen LogP contribution in [-0.4, -0.2) is 23.7 Å². The van der Waals surface area contributed by atoms with Crippen LogP contribution in [0.5, 0.6) is 0 Å². The monoisotopic (exact) mass is 348 g/mol. The van der Waals surface area contributed by atoms with Gasteiger partial charge in [0.05, 0.1) is 6.61 Å². The average molecular weight is 348 g/mol. The van der Waals surface area contributed by atoms with E-state index in [1.807, 2.05) is 0 Å².